The molecule has 15 heteroatoms. The fourth-order valence-electron chi connectivity index (χ4n) is 0.839. The Morgan fingerprint density at radius 3 is 1.46 bits per heavy atom. The molecule has 13 nitrogen and oxygen atoms in total. The van der Waals surface area contributed by atoms with Crippen LogP contribution in [0, 0.1) is 0 Å². The number of phenolic OH excluding ortho intramolecular Hbond substituents is 1. The predicted octanol–water partition coefficient (Wildman–Crippen LogP) is -2.19. The molecule has 1 aromatic rings. The molecule has 0 spiro atoms. The van der Waals surface area contributed by atoms with E-state index in [1.54, 1.807) is 12.1 Å². The van der Waals surface area contributed by atoms with Gasteiger partial charge in [-0.2, -0.15) is 0 Å². The number of benzene rings is 1. The van der Waals surface area contributed by atoms with Gasteiger partial charge in [0, 0.05) is 0 Å². The maximum atomic E-state index is 9.19. The van der Waals surface area contributed by atoms with Gasteiger partial charge in [0.25, 0.3) is 0 Å². The molecule has 0 saturated carbocycles. The van der Waals surface area contributed by atoms with Gasteiger partial charge in [-0.3, -0.25) is 0 Å². The summed E-state index contributed by atoms with van der Waals surface area (Å²) in [6.45, 7) is 5.59. The molecule has 1 saturated heterocycles. The van der Waals surface area contributed by atoms with E-state index in [2.05, 4.69) is 11.3 Å². The molecule has 1 fully saturated rings. The van der Waals surface area contributed by atoms with Crippen LogP contribution in [0.25, 0.3) is 0 Å². The normalized spacial score (nSPS) is 10.8. The average molecular weight is 428 g/mol. The summed E-state index contributed by atoms with van der Waals surface area (Å²) in [6, 6.07) is 7.27. The van der Waals surface area contributed by atoms with E-state index in [0.29, 0.717) is 5.75 Å². The van der Waals surface area contributed by atoms with Crippen LogP contribution in [0.3, 0.4) is 0 Å². The molecule has 0 radical (unpaired) electrons. The topological polar surface area (TPSA) is 283 Å². The number of ether oxygens (including phenoxy) is 1. The molecule has 1 aliphatic rings. The number of phenols is 1. The fourth-order valence-corrected chi connectivity index (χ4v) is 0.839. The molecule has 13 N–H and O–H groups in total. The quantitative estimate of drug-likeness (QED) is 0.151. The van der Waals surface area contributed by atoms with Crippen LogP contribution in [-0.2, 0) is 20.3 Å². The Balaban J connectivity index is -0.0000000795. The lowest BCUT2D eigenvalue weighted by atomic mass is 10.1. The van der Waals surface area contributed by atoms with Crippen LogP contribution >= 0.6 is 15.6 Å². The number of rotatable bonds is 2. The van der Waals surface area contributed by atoms with Gasteiger partial charge in [0.2, 0.25) is 0 Å². The standard InChI is InChI=1S/C9H10O.C2H4O.2H3O4P.3H2O/c1-2-5-8-6-3-4-7-9(8)10;1-2-3-1;2*1-5(2,3)4;;;/h2-4,6-7,10H,1,5H2;1-2H2;2*(H3,1,2,3,4);3*1H2. The van der Waals surface area contributed by atoms with Crippen LogP contribution in [0.5, 0.6) is 5.75 Å². The highest BCUT2D eigenvalue weighted by molar-refractivity contribution is 7.45. The molecular weight excluding hydrogens is 402 g/mol. The highest BCUT2D eigenvalue weighted by Gasteiger charge is 2.00. The van der Waals surface area contributed by atoms with Gasteiger partial charge in [-0.1, -0.05) is 24.3 Å². The number of para-hydroxylation sites is 1. The molecule has 0 unspecified atom stereocenters. The third-order valence-corrected chi connectivity index (χ3v) is 1.56. The van der Waals surface area contributed by atoms with Crippen molar-refractivity contribution in [1.29, 1.82) is 0 Å². The lowest BCUT2D eigenvalue weighted by molar-refractivity contribution is 0.272. The molecule has 2 rings (SSSR count). The molecule has 158 valence electrons. The summed E-state index contributed by atoms with van der Waals surface area (Å²) >= 11 is 0. The van der Waals surface area contributed by atoms with Gasteiger partial charge in [0.05, 0.1) is 13.2 Å². The summed E-state index contributed by atoms with van der Waals surface area (Å²) < 4.78 is 22.3. The summed E-state index contributed by atoms with van der Waals surface area (Å²) in [5, 5.41) is 9.19. The predicted molar refractivity (Wildman–Crippen MR) is 92.2 cm³/mol. The van der Waals surface area contributed by atoms with Crippen molar-refractivity contribution in [3.8, 4) is 5.75 Å². The Kier molecular flexibility index (Phi) is 25.7. The van der Waals surface area contributed by atoms with Crippen LogP contribution in [0.4, 0.5) is 0 Å². The first-order valence-corrected chi connectivity index (χ1v) is 8.99. The van der Waals surface area contributed by atoms with Crippen LogP contribution in [0.1, 0.15) is 5.56 Å². The molecule has 1 heterocycles. The van der Waals surface area contributed by atoms with Gasteiger partial charge in [-0.05, 0) is 18.1 Å². The van der Waals surface area contributed by atoms with E-state index in [1.807, 2.05) is 18.2 Å². The van der Waals surface area contributed by atoms with E-state index in [1.165, 1.54) is 0 Å². The minimum absolute atomic E-state index is 0. The SMILES string of the molecule is C1CO1.C=CCc1ccccc1O.O.O.O.O=P(O)(O)O.O=P(O)(O)O. The van der Waals surface area contributed by atoms with Gasteiger partial charge < -0.3 is 55.6 Å². The Bertz CT molecular complexity index is 497. The summed E-state index contributed by atoms with van der Waals surface area (Å²) in [4.78, 5) is 43.1. The van der Waals surface area contributed by atoms with E-state index in [-0.39, 0.29) is 16.4 Å². The molecule has 0 aliphatic carbocycles. The van der Waals surface area contributed by atoms with Crippen molar-refractivity contribution in [2.75, 3.05) is 13.2 Å². The highest BCUT2D eigenvalue weighted by atomic mass is 31.2. The maximum Gasteiger partial charge on any atom is 0.466 e. The van der Waals surface area contributed by atoms with Crippen molar-refractivity contribution in [1.82, 2.24) is 0 Å². The van der Waals surface area contributed by atoms with Gasteiger partial charge in [-0.15, -0.1) is 6.58 Å². The number of hydrogen-bond donors (Lipinski definition) is 7. The molecule has 1 aromatic carbocycles. The lowest BCUT2D eigenvalue weighted by Gasteiger charge is -1.97. The minimum atomic E-state index is -4.64. The first kappa shape index (κ1) is 35.8. The monoisotopic (exact) mass is 428 g/mol. The number of epoxide rings is 1. The third-order valence-electron chi connectivity index (χ3n) is 1.56. The van der Waals surface area contributed by atoms with Crippen molar-refractivity contribution in [3.63, 3.8) is 0 Å². The van der Waals surface area contributed by atoms with E-state index in [0.717, 1.165) is 25.2 Å². The first-order chi connectivity index (χ1) is 10.3. The van der Waals surface area contributed by atoms with Gasteiger partial charge in [0.15, 0.2) is 0 Å². The molecule has 0 atom stereocenters. The summed E-state index contributed by atoms with van der Waals surface area (Å²) in [7, 11) is -9.28. The van der Waals surface area contributed by atoms with E-state index in [9.17, 15) is 5.11 Å². The maximum absolute atomic E-state index is 9.19. The summed E-state index contributed by atoms with van der Waals surface area (Å²) in [5.74, 6) is 0.349. The fraction of sp³-hybridized carbons (Fsp3) is 0.273. The van der Waals surface area contributed by atoms with Crippen molar-refractivity contribution >= 4 is 15.6 Å². The van der Waals surface area contributed by atoms with Crippen LogP contribution in [-0.4, -0.2) is 64.1 Å². The molecular formula is C11H26O13P2. The second-order valence-electron chi connectivity index (χ2n) is 3.76. The van der Waals surface area contributed by atoms with Crippen molar-refractivity contribution in [3.05, 3.63) is 42.5 Å². The van der Waals surface area contributed by atoms with Crippen molar-refractivity contribution in [2.45, 2.75) is 6.42 Å². The molecule has 0 aromatic heterocycles. The Morgan fingerprint density at radius 2 is 1.23 bits per heavy atom. The number of phosphoric acid groups is 2. The van der Waals surface area contributed by atoms with Crippen LogP contribution < -0.4 is 0 Å². The van der Waals surface area contributed by atoms with Crippen LogP contribution in [0.15, 0.2) is 36.9 Å². The molecule has 0 amide bonds. The molecule has 1 aliphatic heterocycles. The second kappa shape index (κ2) is 18.6. The van der Waals surface area contributed by atoms with Crippen molar-refractivity contribution < 1.29 is 64.8 Å². The minimum Gasteiger partial charge on any atom is -0.508 e. The van der Waals surface area contributed by atoms with E-state index in [4.69, 9.17) is 38.5 Å². The zero-order chi connectivity index (χ0) is 18.5. The first-order valence-electron chi connectivity index (χ1n) is 5.86. The zero-order valence-electron chi connectivity index (χ0n) is 13.5. The van der Waals surface area contributed by atoms with Gasteiger partial charge in [0.1, 0.15) is 5.75 Å². The smallest absolute Gasteiger partial charge is 0.466 e. The molecule has 26 heavy (non-hydrogen) atoms. The Hall–Kier alpha value is -1.18. The molecule has 0 bridgehead atoms. The van der Waals surface area contributed by atoms with E-state index >= 15 is 0 Å². The summed E-state index contributed by atoms with van der Waals surface area (Å²) in [6.07, 6.45) is 2.50. The highest BCUT2D eigenvalue weighted by Crippen LogP contribution is 2.26. The largest absolute Gasteiger partial charge is 0.508 e. The second-order valence-corrected chi connectivity index (χ2v) is 5.81. The van der Waals surface area contributed by atoms with Crippen LogP contribution in [0.2, 0.25) is 0 Å². The third kappa shape index (κ3) is 56.9. The Labute approximate surface area is 149 Å². The lowest BCUT2D eigenvalue weighted by Crippen LogP contribution is -1.79. The number of hydrogen-bond acceptors (Lipinski definition) is 4. The summed E-state index contributed by atoms with van der Waals surface area (Å²) in [5.41, 5.74) is 0.928. The van der Waals surface area contributed by atoms with Crippen molar-refractivity contribution in [2.24, 2.45) is 0 Å². The Morgan fingerprint density at radius 1 is 0.923 bits per heavy atom. The number of allylic oxidation sites excluding steroid dienone is 1. The van der Waals surface area contributed by atoms with E-state index < -0.39 is 15.6 Å². The number of aromatic hydroxyl groups is 1. The zero-order valence-corrected chi connectivity index (χ0v) is 15.3. The van der Waals surface area contributed by atoms with Gasteiger partial charge >= 0.3 is 15.6 Å². The average Bonchev–Trinajstić information content (AvgIpc) is 3.15. The van der Waals surface area contributed by atoms with Gasteiger partial charge in [-0.25, -0.2) is 9.13 Å².